The summed E-state index contributed by atoms with van der Waals surface area (Å²) in [6.07, 6.45) is 3.05. The zero-order valence-electron chi connectivity index (χ0n) is 16.8. The SMILES string of the molecule is CCNC(=NCc1cccc(N(C)C)c1)NCCc1c[nH]c2ccccc12.I. The number of aliphatic imine (C=N–C) groups is 1. The summed E-state index contributed by atoms with van der Waals surface area (Å²) in [5.74, 6) is 0.854. The van der Waals surface area contributed by atoms with Gasteiger partial charge in [-0.1, -0.05) is 30.3 Å². The largest absolute Gasteiger partial charge is 0.378 e. The quantitative estimate of drug-likeness (QED) is 0.265. The number of aromatic nitrogens is 1. The second kappa shape index (κ2) is 10.9. The zero-order chi connectivity index (χ0) is 19.1. The van der Waals surface area contributed by atoms with Crippen molar-refractivity contribution >= 4 is 46.5 Å². The normalized spacial score (nSPS) is 11.2. The lowest BCUT2D eigenvalue weighted by molar-refractivity contribution is 0.801. The number of fused-ring (bicyclic) bond motifs is 1. The maximum Gasteiger partial charge on any atom is 0.191 e. The Balaban J connectivity index is 0.00000280. The van der Waals surface area contributed by atoms with Crippen molar-refractivity contribution in [3.8, 4) is 0 Å². The third-order valence-corrected chi connectivity index (χ3v) is 4.55. The molecule has 0 atom stereocenters. The maximum atomic E-state index is 4.73. The molecule has 0 aliphatic heterocycles. The highest BCUT2D eigenvalue weighted by Crippen LogP contribution is 2.17. The van der Waals surface area contributed by atoms with Crippen LogP contribution in [0.5, 0.6) is 0 Å². The highest BCUT2D eigenvalue weighted by atomic mass is 127. The number of aromatic amines is 1. The summed E-state index contributed by atoms with van der Waals surface area (Å²) in [6, 6.07) is 16.9. The van der Waals surface area contributed by atoms with Gasteiger partial charge < -0.3 is 20.5 Å². The second-order valence-corrected chi connectivity index (χ2v) is 6.80. The molecule has 0 saturated heterocycles. The van der Waals surface area contributed by atoms with Crippen LogP contribution in [0.25, 0.3) is 10.9 Å². The summed E-state index contributed by atoms with van der Waals surface area (Å²) in [5.41, 5.74) is 4.91. The summed E-state index contributed by atoms with van der Waals surface area (Å²) in [6.45, 7) is 4.43. The minimum atomic E-state index is 0. The smallest absolute Gasteiger partial charge is 0.191 e. The molecule has 0 aliphatic carbocycles. The number of anilines is 1. The molecule has 5 nitrogen and oxygen atoms in total. The molecule has 0 spiro atoms. The van der Waals surface area contributed by atoms with Crippen molar-refractivity contribution in [3.05, 3.63) is 65.9 Å². The van der Waals surface area contributed by atoms with Crippen molar-refractivity contribution in [1.29, 1.82) is 0 Å². The molecule has 3 N–H and O–H groups in total. The predicted molar refractivity (Wildman–Crippen MR) is 131 cm³/mol. The number of benzene rings is 2. The van der Waals surface area contributed by atoms with Gasteiger partial charge in [-0.25, -0.2) is 4.99 Å². The fraction of sp³-hybridized carbons (Fsp3) is 0.318. The fourth-order valence-electron chi connectivity index (χ4n) is 3.10. The fourth-order valence-corrected chi connectivity index (χ4v) is 3.10. The van der Waals surface area contributed by atoms with Crippen LogP contribution in [0.1, 0.15) is 18.1 Å². The Bertz CT molecular complexity index is 901. The molecule has 3 rings (SSSR count). The summed E-state index contributed by atoms with van der Waals surface area (Å²) in [4.78, 5) is 10.2. The van der Waals surface area contributed by atoms with E-state index in [1.165, 1.54) is 27.7 Å². The summed E-state index contributed by atoms with van der Waals surface area (Å²) < 4.78 is 0. The molecule has 6 heteroatoms. The lowest BCUT2D eigenvalue weighted by Gasteiger charge is -2.14. The molecule has 0 bridgehead atoms. The van der Waals surface area contributed by atoms with Gasteiger partial charge in [0.05, 0.1) is 6.54 Å². The van der Waals surface area contributed by atoms with E-state index in [2.05, 4.69) is 96.3 Å². The van der Waals surface area contributed by atoms with Crippen LogP contribution in [0.15, 0.2) is 59.7 Å². The molecular weight excluding hydrogens is 461 g/mol. The molecule has 0 unspecified atom stereocenters. The molecule has 150 valence electrons. The average molecular weight is 491 g/mol. The molecular formula is C22H30IN5. The van der Waals surface area contributed by atoms with Gasteiger partial charge in [-0.3, -0.25) is 0 Å². The Hall–Kier alpha value is -2.22. The van der Waals surface area contributed by atoms with E-state index in [9.17, 15) is 0 Å². The summed E-state index contributed by atoms with van der Waals surface area (Å²) >= 11 is 0. The molecule has 28 heavy (non-hydrogen) atoms. The van der Waals surface area contributed by atoms with Crippen molar-refractivity contribution in [2.45, 2.75) is 19.9 Å². The number of rotatable bonds is 7. The number of halogens is 1. The first-order valence-electron chi connectivity index (χ1n) is 9.51. The van der Waals surface area contributed by atoms with E-state index in [1.54, 1.807) is 0 Å². The topological polar surface area (TPSA) is 55.5 Å². The third kappa shape index (κ3) is 5.89. The number of nitrogens with one attached hydrogen (secondary N) is 3. The van der Waals surface area contributed by atoms with Crippen LogP contribution in [-0.4, -0.2) is 38.1 Å². The van der Waals surface area contributed by atoms with Crippen molar-refractivity contribution in [1.82, 2.24) is 15.6 Å². The highest BCUT2D eigenvalue weighted by Gasteiger charge is 2.04. The first-order chi connectivity index (χ1) is 13.2. The van der Waals surface area contributed by atoms with Crippen LogP contribution in [0, 0.1) is 0 Å². The molecule has 0 saturated carbocycles. The van der Waals surface area contributed by atoms with Gasteiger partial charge in [-0.15, -0.1) is 24.0 Å². The van der Waals surface area contributed by atoms with E-state index in [4.69, 9.17) is 4.99 Å². The number of nitrogens with zero attached hydrogens (tertiary/aromatic N) is 2. The van der Waals surface area contributed by atoms with Crippen LogP contribution in [0.2, 0.25) is 0 Å². The van der Waals surface area contributed by atoms with Gasteiger partial charge in [0, 0.05) is 50.0 Å². The summed E-state index contributed by atoms with van der Waals surface area (Å²) in [7, 11) is 4.11. The molecule has 1 heterocycles. The molecule has 3 aromatic rings. The van der Waals surface area contributed by atoms with Gasteiger partial charge >= 0.3 is 0 Å². The Morgan fingerprint density at radius 1 is 1.07 bits per heavy atom. The standard InChI is InChI=1S/C22H29N5.HI/c1-4-23-22(26-15-17-8-7-9-19(14-17)27(2)3)24-13-12-18-16-25-21-11-6-5-10-20(18)21;/h5-11,14,16,25H,4,12-13,15H2,1-3H3,(H2,23,24,26);1H. The third-order valence-electron chi connectivity index (χ3n) is 4.55. The van der Waals surface area contributed by atoms with E-state index in [0.29, 0.717) is 6.54 Å². The van der Waals surface area contributed by atoms with Crippen LogP contribution < -0.4 is 15.5 Å². The van der Waals surface area contributed by atoms with Gasteiger partial charge in [0.25, 0.3) is 0 Å². The van der Waals surface area contributed by atoms with E-state index in [-0.39, 0.29) is 24.0 Å². The first-order valence-corrected chi connectivity index (χ1v) is 9.51. The number of H-pyrrole nitrogens is 1. The molecule has 0 fully saturated rings. The van der Waals surface area contributed by atoms with Crippen LogP contribution >= 0.6 is 24.0 Å². The van der Waals surface area contributed by atoms with Crippen molar-refractivity contribution in [2.24, 2.45) is 4.99 Å². The minimum Gasteiger partial charge on any atom is -0.378 e. The Kier molecular flexibility index (Phi) is 8.63. The number of para-hydroxylation sites is 1. The Labute approximate surface area is 184 Å². The van der Waals surface area contributed by atoms with Gasteiger partial charge in [-0.05, 0) is 42.7 Å². The highest BCUT2D eigenvalue weighted by molar-refractivity contribution is 14.0. The maximum absolute atomic E-state index is 4.73. The van der Waals surface area contributed by atoms with E-state index in [0.717, 1.165) is 25.5 Å². The van der Waals surface area contributed by atoms with Crippen molar-refractivity contribution in [2.75, 3.05) is 32.1 Å². The molecule has 0 radical (unpaired) electrons. The molecule has 0 aliphatic rings. The van der Waals surface area contributed by atoms with Gasteiger partial charge in [0.1, 0.15) is 0 Å². The van der Waals surface area contributed by atoms with Crippen molar-refractivity contribution in [3.63, 3.8) is 0 Å². The van der Waals surface area contributed by atoms with Crippen LogP contribution in [-0.2, 0) is 13.0 Å². The number of hydrogen-bond acceptors (Lipinski definition) is 2. The Morgan fingerprint density at radius 3 is 2.68 bits per heavy atom. The Morgan fingerprint density at radius 2 is 1.89 bits per heavy atom. The van der Waals surface area contributed by atoms with Crippen molar-refractivity contribution < 1.29 is 0 Å². The molecule has 0 amide bonds. The van der Waals surface area contributed by atoms with Gasteiger partial charge in [0.2, 0.25) is 0 Å². The number of guanidine groups is 1. The average Bonchev–Trinajstić information content (AvgIpc) is 3.09. The van der Waals surface area contributed by atoms with Gasteiger partial charge in [-0.2, -0.15) is 0 Å². The lowest BCUT2D eigenvalue weighted by atomic mass is 10.1. The first kappa shape index (κ1) is 22.1. The minimum absolute atomic E-state index is 0. The van der Waals surface area contributed by atoms with Crippen LogP contribution in [0.4, 0.5) is 5.69 Å². The zero-order valence-corrected chi connectivity index (χ0v) is 19.2. The molecule has 1 aromatic heterocycles. The second-order valence-electron chi connectivity index (χ2n) is 6.80. The van der Waals surface area contributed by atoms with Crippen LogP contribution in [0.3, 0.4) is 0 Å². The molecule has 2 aromatic carbocycles. The van der Waals surface area contributed by atoms with E-state index < -0.39 is 0 Å². The predicted octanol–water partition coefficient (Wildman–Crippen LogP) is 4.15. The van der Waals surface area contributed by atoms with E-state index >= 15 is 0 Å². The lowest BCUT2D eigenvalue weighted by Crippen LogP contribution is -2.38. The van der Waals surface area contributed by atoms with Gasteiger partial charge in [0.15, 0.2) is 5.96 Å². The summed E-state index contributed by atoms with van der Waals surface area (Å²) in [5, 5.41) is 8.07. The monoisotopic (exact) mass is 491 g/mol. The van der Waals surface area contributed by atoms with E-state index in [1.807, 2.05) is 0 Å². The number of hydrogen-bond donors (Lipinski definition) is 3.